The van der Waals surface area contributed by atoms with Gasteiger partial charge in [0.05, 0.1) is 11.9 Å². The number of nitrogens with zero attached hydrogens (tertiary/aromatic N) is 2. The summed E-state index contributed by atoms with van der Waals surface area (Å²) in [6, 6.07) is 3.42. The van der Waals surface area contributed by atoms with Crippen molar-refractivity contribution in [2.45, 2.75) is 44.1 Å². The van der Waals surface area contributed by atoms with E-state index in [0.29, 0.717) is 12.8 Å². The predicted octanol–water partition coefficient (Wildman–Crippen LogP) is 2.05. The molecule has 0 atom stereocenters. The van der Waals surface area contributed by atoms with Crippen LogP contribution in [0.1, 0.15) is 49.0 Å². The second-order valence-electron chi connectivity index (χ2n) is 6.05. The Morgan fingerprint density at radius 2 is 1.82 bits per heavy atom. The summed E-state index contributed by atoms with van der Waals surface area (Å²) in [5.41, 5.74) is -0.0235. The van der Waals surface area contributed by atoms with Crippen molar-refractivity contribution < 1.29 is 14.7 Å². The van der Waals surface area contributed by atoms with Gasteiger partial charge in [0.1, 0.15) is 11.2 Å². The van der Waals surface area contributed by atoms with Crippen LogP contribution in [0, 0.1) is 0 Å². The Bertz CT molecular complexity index is 532. The van der Waals surface area contributed by atoms with E-state index in [0.717, 1.165) is 31.4 Å². The number of hydrogen-bond donors (Lipinski definition) is 2. The number of carboxylic acids is 1. The summed E-state index contributed by atoms with van der Waals surface area (Å²) in [6.45, 7) is 0. The summed E-state index contributed by atoms with van der Waals surface area (Å²) in [4.78, 5) is 30.1. The summed E-state index contributed by atoms with van der Waals surface area (Å²) < 4.78 is 0. The minimum atomic E-state index is -1.16. The maximum absolute atomic E-state index is 12.4. The molecule has 1 saturated carbocycles. The highest BCUT2D eigenvalue weighted by atomic mass is 16.4. The second-order valence-corrected chi connectivity index (χ2v) is 6.05. The molecule has 6 heteroatoms. The first-order valence-electron chi connectivity index (χ1n) is 7.64. The third kappa shape index (κ3) is 3.55. The van der Waals surface area contributed by atoms with E-state index >= 15 is 0 Å². The molecule has 1 aliphatic rings. The number of amides is 1. The number of hydrogen-bond acceptors (Lipinski definition) is 4. The van der Waals surface area contributed by atoms with Crippen LogP contribution in [0.25, 0.3) is 0 Å². The number of carboxylic acid groups (broad SMARTS) is 1. The number of anilines is 1. The predicted molar refractivity (Wildman–Crippen MR) is 84.1 cm³/mol. The molecular weight excluding hydrogens is 282 g/mol. The zero-order chi connectivity index (χ0) is 16.2. The summed E-state index contributed by atoms with van der Waals surface area (Å²) >= 11 is 0. The van der Waals surface area contributed by atoms with E-state index in [1.54, 1.807) is 18.3 Å². The molecule has 1 aromatic heterocycles. The molecule has 22 heavy (non-hydrogen) atoms. The van der Waals surface area contributed by atoms with E-state index in [1.165, 1.54) is 0 Å². The fraction of sp³-hybridized carbons (Fsp3) is 0.562. The van der Waals surface area contributed by atoms with E-state index in [9.17, 15) is 14.7 Å². The Kier molecular flexibility index (Phi) is 5.00. The van der Waals surface area contributed by atoms with Gasteiger partial charge in [-0.2, -0.15) is 0 Å². The van der Waals surface area contributed by atoms with Crippen molar-refractivity contribution in [3.8, 4) is 0 Å². The van der Waals surface area contributed by atoms with Crippen LogP contribution < -0.4 is 10.2 Å². The highest BCUT2D eigenvalue weighted by Crippen LogP contribution is 2.28. The topological polar surface area (TPSA) is 82.5 Å². The Morgan fingerprint density at radius 3 is 2.27 bits per heavy atom. The van der Waals surface area contributed by atoms with E-state index in [2.05, 4.69) is 10.3 Å². The highest BCUT2D eigenvalue weighted by Gasteiger charge is 2.40. The lowest BCUT2D eigenvalue weighted by molar-refractivity contribution is -0.145. The van der Waals surface area contributed by atoms with Gasteiger partial charge in [-0.15, -0.1) is 0 Å². The molecule has 0 saturated heterocycles. The molecule has 2 rings (SSSR count). The lowest BCUT2D eigenvalue weighted by atomic mass is 9.90. The summed E-state index contributed by atoms with van der Waals surface area (Å²) in [7, 11) is 3.78. The number of aromatic nitrogens is 1. The monoisotopic (exact) mass is 305 g/mol. The number of nitrogens with one attached hydrogen (secondary N) is 1. The van der Waals surface area contributed by atoms with Crippen LogP contribution in [0.15, 0.2) is 18.3 Å². The van der Waals surface area contributed by atoms with Crippen LogP contribution in [-0.2, 0) is 4.79 Å². The molecule has 0 spiro atoms. The average molecular weight is 305 g/mol. The third-order valence-corrected chi connectivity index (χ3v) is 4.22. The summed E-state index contributed by atoms with van der Waals surface area (Å²) in [5, 5.41) is 12.3. The summed E-state index contributed by atoms with van der Waals surface area (Å²) in [6.07, 6.45) is 6.23. The molecule has 120 valence electrons. The molecule has 1 aliphatic carbocycles. The highest BCUT2D eigenvalue weighted by molar-refractivity contribution is 5.96. The lowest BCUT2D eigenvalue weighted by Gasteiger charge is -2.29. The Labute approximate surface area is 130 Å². The smallest absolute Gasteiger partial charge is 0.329 e. The van der Waals surface area contributed by atoms with Crippen LogP contribution >= 0.6 is 0 Å². The van der Waals surface area contributed by atoms with Gasteiger partial charge in [0, 0.05) is 14.1 Å². The SMILES string of the molecule is CN(C)c1ccc(C(=O)NC2(C(=O)O)CCCCCC2)nc1. The van der Waals surface area contributed by atoms with Crippen molar-refractivity contribution in [2.24, 2.45) is 0 Å². The molecule has 1 fully saturated rings. The molecule has 2 N–H and O–H groups in total. The average Bonchev–Trinajstić information content (AvgIpc) is 2.74. The van der Waals surface area contributed by atoms with Gasteiger partial charge >= 0.3 is 5.97 Å². The van der Waals surface area contributed by atoms with Crippen LogP contribution in [0.5, 0.6) is 0 Å². The first-order chi connectivity index (χ1) is 10.4. The maximum atomic E-state index is 12.4. The first kappa shape index (κ1) is 16.3. The summed E-state index contributed by atoms with van der Waals surface area (Å²) in [5.74, 6) is -1.37. The van der Waals surface area contributed by atoms with Gasteiger partial charge in [-0.25, -0.2) is 9.78 Å². The minimum absolute atomic E-state index is 0.246. The van der Waals surface area contributed by atoms with Crippen molar-refractivity contribution in [1.82, 2.24) is 10.3 Å². The van der Waals surface area contributed by atoms with E-state index < -0.39 is 17.4 Å². The third-order valence-electron chi connectivity index (χ3n) is 4.22. The van der Waals surface area contributed by atoms with Crippen molar-refractivity contribution in [3.05, 3.63) is 24.0 Å². The Balaban J connectivity index is 2.15. The van der Waals surface area contributed by atoms with Crippen LogP contribution in [-0.4, -0.2) is 41.6 Å². The number of pyridine rings is 1. The van der Waals surface area contributed by atoms with Gasteiger partial charge in [-0.05, 0) is 25.0 Å². The normalized spacial score (nSPS) is 17.4. The minimum Gasteiger partial charge on any atom is -0.480 e. The maximum Gasteiger partial charge on any atom is 0.329 e. The molecule has 0 radical (unpaired) electrons. The molecule has 0 aliphatic heterocycles. The fourth-order valence-corrected chi connectivity index (χ4v) is 2.79. The molecule has 0 bridgehead atoms. The number of carbonyl (C=O) groups excluding carboxylic acids is 1. The molecule has 1 amide bonds. The number of rotatable bonds is 4. The van der Waals surface area contributed by atoms with E-state index in [4.69, 9.17) is 0 Å². The van der Waals surface area contributed by atoms with Crippen molar-refractivity contribution >= 4 is 17.6 Å². The van der Waals surface area contributed by atoms with Gasteiger partial charge in [0.25, 0.3) is 5.91 Å². The molecule has 1 aromatic rings. The zero-order valence-corrected chi connectivity index (χ0v) is 13.1. The van der Waals surface area contributed by atoms with Crippen molar-refractivity contribution in [2.75, 3.05) is 19.0 Å². The fourth-order valence-electron chi connectivity index (χ4n) is 2.79. The zero-order valence-electron chi connectivity index (χ0n) is 13.1. The molecule has 0 aromatic carbocycles. The van der Waals surface area contributed by atoms with Crippen LogP contribution in [0.4, 0.5) is 5.69 Å². The molecular formula is C16H23N3O3. The van der Waals surface area contributed by atoms with Gasteiger partial charge in [0.15, 0.2) is 0 Å². The van der Waals surface area contributed by atoms with Crippen molar-refractivity contribution in [1.29, 1.82) is 0 Å². The van der Waals surface area contributed by atoms with Crippen molar-refractivity contribution in [3.63, 3.8) is 0 Å². The van der Waals surface area contributed by atoms with E-state index in [1.807, 2.05) is 19.0 Å². The first-order valence-corrected chi connectivity index (χ1v) is 7.64. The Hall–Kier alpha value is -2.11. The second kappa shape index (κ2) is 6.77. The van der Waals surface area contributed by atoms with Gasteiger partial charge in [-0.1, -0.05) is 25.7 Å². The molecule has 6 nitrogen and oxygen atoms in total. The number of carbonyl (C=O) groups is 2. The number of aliphatic carboxylic acids is 1. The molecule has 0 unspecified atom stereocenters. The van der Waals surface area contributed by atoms with Gasteiger partial charge < -0.3 is 15.3 Å². The Morgan fingerprint density at radius 1 is 1.18 bits per heavy atom. The standard InChI is InChI=1S/C16H23N3O3/c1-19(2)12-7-8-13(17-11-12)14(20)18-16(15(21)22)9-5-3-4-6-10-16/h7-8,11H,3-6,9-10H2,1-2H3,(H,18,20)(H,21,22). The van der Waals surface area contributed by atoms with Crippen LogP contribution in [0.2, 0.25) is 0 Å². The molecule has 1 heterocycles. The lowest BCUT2D eigenvalue weighted by Crippen LogP contribution is -2.54. The van der Waals surface area contributed by atoms with Gasteiger partial charge in [0.2, 0.25) is 0 Å². The quantitative estimate of drug-likeness (QED) is 0.832. The largest absolute Gasteiger partial charge is 0.480 e. The van der Waals surface area contributed by atoms with Crippen LogP contribution in [0.3, 0.4) is 0 Å². The van der Waals surface area contributed by atoms with E-state index in [-0.39, 0.29) is 5.69 Å². The van der Waals surface area contributed by atoms with Gasteiger partial charge in [-0.3, -0.25) is 4.79 Å².